The molecule has 0 aliphatic carbocycles. The van der Waals surface area contributed by atoms with Crippen molar-refractivity contribution in [3.63, 3.8) is 0 Å². The van der Waals surface area contributed by atoms with Gasteiger partial charge in [0.2, 0.25) is 0 Å². The van der Waals surface area contributed by atoms with Gasteiger partial charge in [-0.1, -0.05) is 36.4 Å². The highest BCUT2D eigenvalue weighted by atomic mass is 16.4. The SMILES string of the molecule is CNc1ccc(-c2ccc(C(O)C(=O)O)cc2)cc1. The van der Waals surface area contributed by atoms with Crippen molar-refractivity contribution in [1.29, 1.82) is 0 Å². The Balaban J connectivity index is 2.24. The molecule has 0 radical (unpaired) electrons. The minimum atomic E-state index is -1.47. The van der Waals surface area contributed by atoms with Gasteiger partial charge < -0.3 is 15.5 Å². The normalized spacial score (nSPS) is 11.9. The number of benzene rings is 2. The summed E-state index contributed by atoms with van der Waals surface area (Å²) >= 11 is 0. The Kier molecular flexibility index (Phi) is 3.82. The van der Waals surface area contributed by atoms with Gasteiger partial charge in [-0.05, 0) is 28.8 Å². The summed E-state index contributed by atoms with van der Waals surface area (Å²) in [7, 11) is 1.86. The third-order valence-corrected chi connectivity index (χ3v) is 2.97. The van der Waals surface area contributed by atoms with Crippen LogP contribution in [0.4, 0.5) is 5.69 Å². The molecule has 0 spiro atoms. The van der Waals surface area contributed by atoms with Crippen molar-refractivity contribution in [3.05, 3.63) is 54.1 Å². The largest absolute Gasteiger partial charge is 0.479 e. The number of aliphatic carboxylic acids is 1. The summed E-state index contributed by atoms with van der Waals surface area (Å²) in [5, 5.41) is 21.2. The van der Waals surface area contributed by atoms with Crippen molar-refractivity contribution in [1.82, 2.24) is 0 Å². The van der Waals surface area contributed by atoms with Crippen LogP contribution in [-0.4, -0.2) is 23.2 Å². The fourth-order valence-corrected chi connectivity index (χ4v) is 1.83. The smallest absolute Gasteiger partial charge is 0.337 e. The Bertz CT molecular complexity index is 561. The lowest BCUT2D eigenvalue weighted by molar-refractivity contribution is -0.146. The van der Waals surface area contributed by atoms with Crippen LogP contribution in [0.25, 0.3) is 11.1 Å². The first-order valence-electron chi connectivity index (χ1n) is 5.91. The van der Waals surface area contributed by atoms with Crippen LogP contribution in [-0.2, 0) is 4.79 Å². The molecule has 0 aliphatic heterocycles. The number of rotatable bonds is 4. The number of hydrogen-bond donors (Lipinski definition) is 3. The first-order valence-corrected chi connectivity index (χ1v) is 5.91. The van der Waals surface area contributed by atoms with Gasteiger partial charge in [0.1, 0.15) is 0 Å². The summed E-state index contributed by atoms with van der Waals surface area (Å²) in [4.78, 5) is 10.7. The van der Waals surface area contributed by atoms with Crippen molar-refractivity contribution < 1.29 is 15.0 Å². The molecule has 0 bridgehead atoms. The second kappa shape index (κ2) is 5.54. The van der Waals surface area contributed by atoms with Gasteiger partial charge in [-0.2, -0.15) is 0 Å². The molecule has 0 aliphatic rings. The standard InChI is InChI=1S/C15H15NO3/c1-16-13-8-6-11(7-9-13)10-2-4-12(5-3-10)14(17)15(18)19/h2-9,14,16-17H,1H3,(H,18,19). The van der Waals surface area contributed by atoms with Gasteiger partial charge in [0.15, 0.2) is 6.10 Å². The van der Waals surface area contributed by atoms with Crippen LogP contribution >= 0.6 is 0 Å². The minimum Gasteiger partial charge on any atom is -0.479 e. The van der Waals surface area contributed by atoms with Crippen molar-refractivity contribution in [2.75, 3.05) is 12.4 Å². The Labute approximate surface area is 111 Å². The van der Waals surface area contributed by atoms with Crippen molar-refractivity contribution in [2.45, 2.75) is 6.10 Å². The molecule has 4 nitrogen and oxygen atoms in total. The highest BCUT2D eigenvalue weighted by molar-refractivity contribution is 5.74. The number of aliphatic hydroxyl groups is 1. The van der Waals surface area contributed by atoms with Gasteiger partial charge >= 0.3 is 5.97 Å². The zero-order valence-corrected chi connectivity index (χ0v) is 10.5. The van der Waals surface area contributed by atoms with E-state index in [2.05, 4.69) is 5.32 Å². The molecule has 1 unspecified atom stereocenters. The number of anilines is 1. The molecule has 0 amide bonds. The molecule has 19 heavy (non-hydrogen) atoms. The summed E-state index contributed by atoms with van der Waals surface area (Å²) in [6.07, 6.45) is -1.47. The predicted molar refractivity (Wildman–Crippen MR) is 74.0 cm³/mol. The van der Waals surface area contributed by atoms with Gasteiger partial charge in [-0.3, -0.25) is 0 Å². The molecule has 0 fully saturated rings. The maximum absolute atomic E-state index is 10.7. The van der Waals surface area contributed by atoms with Crippen molar-refractivity contribution in [3.8, 4) is 11.1 Å². The van der Waals surface area contributed by atoms with Gasteiger partial charge in [0, 0.05) is 12.7 Å². The average molecular weight is 257 g/mol. The molecule has 3 N–H and O–H groups in total. The van der Waals surface area contributed by atoms with Crippen LogP contribution in [0.5, 0.6) is 0 Å². The third kappa shape index (κ3) is 2.92. The summed E-state index contributed by atoms with van der Waals surface area (Å²) in [5.74, 6) is -1.24. The molecule has 0 saturated carbocycles. The highest BCUT2D eigenvalue weighted by Crippen LogP contribution is 2.23. The molecule has 0 saturated heterocycles. The molecule has 2 rings (SSSR count). The van der Waals surface area contributed by atoms with Crippen LogP contribution in [0.3, 0.4) is 0 Å². The fourth-order valence-electron chi connectivity index (χ4n) is 1.83. The Hall–Kier alpha value is -2.33. The molecular formula is C15H15NO3. The van der Waals surface area contributed by atoms with Crippen molar-refractivity contribution >= 4 is 11.7 Å². The van der Waals surface area contributed by atoms with E-state index in [4.69, 9.17) is 5.11 Å². The van der Waals surface area contributed by atoms with E-state index in [0.717, 1.165) is 16.8 Å². The number of hydrogen-bond acceptors (Lipinski definition) is 3. The van der Waals surface area contributed by atoms with E-state index < -0.39 is 12.1 Å². The lowest BCUT2D eigenvalue weighted by atomic mass is 10.0. The third-order valence-electron chi connectivity index (χ3n) is 2.97. The Morgan fingerprint density at radius 2 is 1.47 bits per heavy atom. The van der Waals surface area contributed by atoms with Crippen LogP contribution in [0, 0.1) is 0 Å². The van der Waals surface area contributed by atoms with E-state index in [0.29, 0.717) is 5.56 Å². The molecule has 0 heterocycles. The Morgan fingerprint density at radius 1 is 1.00 bits per heavy atom. The lowest BCUT2D eigenvalue weighted by Gasteiger charge is -2.08. The topological polar surface area (TPSA) is 69.6 Å². The Morgan fingerprint density at radius 3 is 1.89 bits per heavy atom. The van der Waals surface area contributed by atoms with Crippen LogP contribution < -0.4 is 5.32 Å². The van der Waals surface area contributed by atoms with Crippen LogP contribution in [0.1, 0.15) is 11.7 Å². The first-order chi connectivity index (χ1) is 9.11. The molecule has 0 aromatic heterocycles. The molecular weight excluding hydrogens is 242 g/mol. The maximum Gasteiger partial charge on any atom is 0.337 e. The number of nitrogens with one attached hydrogen (secondary N) is 1. The summed E-state index contributed by atoms with van der Waals surface area (Å²) in [5.41, 5.74) is 3.42. The predicted octanol–water partition coefficient (Wildman–Crippen LogP) is 2.51. The average Bonchev–Trinajstić information content (AvgIpc) is 2.46. The monoisotopic (exact) mass is 257 g/mol. The maximum atomic E-state index is 10.7. The van der Waals surface area contributed by atoms with Gasteiger partial charge in [-0.25, -0.2) is 4.79 Å². The van der Waals surface area contributed by atoms with E-state index in [-0.39, 0.29) is 0 Å². The fraction of sp³-hybridized carbons (Fsp3) is 0.133. The summed E-state index contributed by atoms with van der Waals surface area (Å²) in [6, 6.07) is 14.7. The van der Waals surface area contributed by atoms with Gasteiger partial charge in [0.25, 0.3) is 0 Å². The first kappa shape index (κ1) is 13.1. The second-order valence-corrected chi connectivity index (χ2v) is 4.19. The van der Waals surface area contributed by atoms with Crippen LogP contribution in [0.15, 0.2) is 48.5 Å². The number of carboxylic acid groups (broad SMARTS) is 1. The lowest BCUT2D eigenvalue weighted by Crippen LogP contribution is -2.10. The minimum absolute atomic E-state index is 0.378. The second-order valence-electron chi connectivity index (χ2n) is 4.19. The molecule has 2 aromatic carbocycles. The highest BCUT2D eigenvalue weighted by Gasteiger charge is 2.15. The van der Waals surface area contributed by atoms with E-state index in [1.54, 1.807) is 24.3 Å². The van der Waals surface area contributed by atoms with E-state index >= 15 is 0 Å². The summed E-state index contributed by atoms with van der Waals surface area (Å²) < 4.78 is 0. The van der Waals surface area contributed by atoms with E-state index in [1.165, 1.54) is 0 Å². The summed E-state index contributed by atoms with van der Waals surface area (Å²) in [6.45, 7) is 0. The zero-order chi connectivity index (χ0) is 13.8. The van der Waals surface area contributed by atoms with Gasteiger partial charge in [-0.15, -0.1) is 0 Å². The van der Waals surface area contributed by atoms with Crippen molar-refractivity contribution in [2.24, 2.45) is 0 Å². The molecule has 1 atom stereocenters. The number of carbonyl (C=O) groups is 1. The molecule has 4 heteroatoms. The van der Waals surface area contributed by atoms with Crippen LogP contribution in [0.2, 0.25) is 0 Å². The quantitative estimate of drug-likeness (QED) is 0.787. The zero-order valence-electron chi connectivity index (χ0n) is 10.5. The van der Waals surface area contributed by atoms with E-state index in [9.17, 15) is 9.90 Å². The van der Waals surface area contributed by atoms with E-state index in [1.807, 2.05) is 31.3 Å². The molecule has 98 valence electrons. The number of aliphatic hydroxyl groups excluding tert-OH is 1. The molecule has 2 aromatic rings. The number of carboxylic acids is 1. The van der Waals surface area contributed by atoms with Gasteiger partial charge in [0.05, 0.1) is 0 Å².